The molecule has 3 aliphatic heterocycles. The standard InChI is InChI=1S/3C12H17N3O2/c3*1-9-5-10(2)8-14(7-9)12-4-3-11(6-13-12)15(16)17/h3*3-4,6,9-10H,5,7-8H2,1-2H3/t3*9-,10-/m110/s1. The van der Waals surface area contributed by atoms with Crippen LogP contribution in [0.1, 0.15) is 60.8 Å². The molecule has 15 heteroatoms. The number of hydrogen-bond donors (Lipinski definition) is 0. The zero-order chi connectivity index (χ0) is 37.2. The molecule has 0 amide bonds. The Morgan fingerprint density at radius 1 is 0.451 bits per heavy atom. The topological polar surface area (TPSA) is 178 Å². The van der Waals surface area contributed by atoms with E-state index in [1.165, 1.54) is 56.1 Å². The molecule has 3 aromatic rings. The van der Waals surface area contributed by atoms with Crippen molar-refractivity contribution in [1.82, 2.24) is 15.0 Å². The molecule has 0 N–H and O–H groups in total. The Bertz CT molecular complexity index is 1370. The Hall–Kier alpha value is -4.95. The highest BCUT2D eigenvalue weighted by Crippen LogP contribution is 2.28. The predicted molar refractivity (Wildman–Crippen MR) is 198 cm³/mol. The molecule has 51 heavy (non-hydrogen) atoms. The van der Waals surface area contributed by atoms with Crippen molar-refractivity contribution in [2.45, 2.75) is 60.8 Å². The number of nitrogens with zero attached hydrogens (tertiary/aromatic N) is 9. The molecular weight excluding hydrogens is 654 g/mol. The summed E-state index contributed by atoms with van der Waals surface area (Å²) in [6, 6.07) is 9.78. The second kappa shape index (κ2) is 17.8. The van der Waals surface area contributed by atoms with E-state index in [9.17, 15) is 30.3 Å². The van der Waals surface area contributed by atoms with Crippen molar-refractivity contribution >= 4 is 34.5 Å². The lowest BCUT2D eigenvalue weighted by atomic mass is 9.92. The van der Waals surface area contributed by atoms with Gasteiger partial charge in [0.1, 0.15) is 36.0 Å². The molecule has 0 radical (unpaired) electrons. The molecule has 6 rings (SSSR count). The molecule has 0 unspecified atom stereocenters. The average molecular weight is 706 g/mol. The van der Waals surface area contributed by atoms with Crippen LogP contribution in [0.3, 0.4) is 0 Å². The van der Waals surface area contributed by atoms with Gasteiger partial charge >= 0.3 is 0 Å². The van der Waals surface area contributed by atoms with Gasteiger partial charge in [0.05, 0.1) is 14.8 Å². The fourth-order valence-corrected chi connectivity index (χ4v) is 7.57. The minimum Gasteiger partial charge on any atom is -0.356 e. The smallest absolute Gasteiger partial charge is 0.287 e. The molecule has 3 saturated heterocycles. The van der Waals surface area contributed by atoms with Crippen LogP contribution in [-0.4, -0.2) is 69.0 Å². The molecule has 3 aliphatic rings. The number of piperidine rings is 3. The predicted octanol–water partition coefficient (Wildman–Crippen LogP) is 7.42. The summed E-state index contributed by atoms with van der Waals surface area (Å²) in [4.78, 5) is 49.5. The maximum Gasteiger partial charge on any atom is 0.287 e. The number of anilines is 3. The van der Waals surface area contributed by atoms with Gasteiger partial charge in [-0.15, -0.1) is 0 Å². The van der Waals surface area contributed by atoms with Crippen LogP contribution in [0.2, 0.25) is 0 Å². The van der Waals surface area contributed by atoms with Gasteiger partial charge in [-0.2, -0.15) is 0 Å². The summed E-state index contributed by atoms with van der Waals surface area (Å²) in [5.74, 6) is 6.42. The van der Waals surface area contributed by atoms with Gasteiger partial charge in [0, 0.05) is 57.5 Å². The molecule has 15 nitrogen and oxygen atoms in total. The third-order valence-corrected chi connectivity index (χ3v) is 9.41. The lowest BCUT2D eigenvalue weighted by Crippen LogP contribution is -2.39. The number of nitro groups is 3. The first-order valence-electron chi connectivity index (χ1n) is 17.7. The first kappa shape index (κ1) is 38.8. The first-order valence-corrected chi connectivity index (χ1v) is 17.7. The maximum absolute atomic E-state index is 10.5. The van der Waals surface area contributed by atoms with Gasteiger partial charge < -0.3 is 14.7 Å². The third kappa shape index (κ3) is 11.5. The fraction of sp³-hybridized carbons (Fsp3) is 0.583. The molecule has 276 valence electrons. The van der Waals surface area contributed by atoms with Gasteiger partial charge in [-0.3, -0.25) is 30.3 Å². The molecule has 0 bridgehead atoms. The molecule has 0 aromatic carbocycles. The van der Waals surface area contributed by atoms with E-state index in [0.29, 0.717) is 35.5 Å². The van der Waals surface area contributed by atoms with Crippen LogP contribution in [0, 0.1) is 65.9 Å². The lowest BCUT2D eigenvalue weighted by molar-refractivity contribution is -0.385. The number of rotatable bonds is 6. The maximum atomic E-state index is 10.5. The van der Waals surface area contributed by atoms with E-state index in [4.69, 9.17) is 0 Å². The number of aromatic nitrogens is 3. The molecule has 0 spiro atoms. The molecule has 3 aromatic heterocycles. The molecule has 0 aliphatic carbocycles. The van der Waals surface area contributed by atoms with E-state index in [0.717, 1.165) is 56.7 Å². The molecule has 0 saturated carbocycles. The van der Waals surface area contributed by atoms with E-state index in [-0.39, 0.29) is 17.1 Å². The van der Waals surface area contributed by atoms with E-state index in [2.05, 4.69) is 71.2 Å². The Kier molecular flexibility index (Phi) is 13.6. The van der Waals surface area contributed by atoms with E-state index in [1.807, 2.05) is 0 Å². The molecule has 6 heterocycles. The summed E-state index contributed by atoms with van der Waals surface area (Å²) in [7, 11) is 0. The number of pyridine rings is 3. The van der Waals surface area contributed by atoms with Crippen LogP contribution < -0.4 is 14.7 Å². The van der Waals surface area contributed by atoms with Crippen LogP contribution in [0.5, 0.6) is 0 Å². The van der Waals surface area contributed by atoms with Crippen molar-refractivity contribution < 1.29 is 14.8 Å². The summed E-state index contributed by atoms with van der Waals surface area (Å²) in [6.07, 6.45) is 7.72. The van der Waals surface area contributed by atoms with Crippen LogP contribution >= 0.6 is 0 Å². The highest BCUT2D eigenvalue weighted by Gasteiger charge is 2.25. The molecule has 6 atom stereocenters. The van der Waals surface area contributed by atoms with Gasteiger partial charge in [0.25, 0.3) is 17.1 Å². The van der Waals surface area contributed by atoms with Crippen molar-refractivity contribution in [3.8, 4) is 0 Å². The Balaban J connectivity index is 0.000000172. The van der Waals surface area contributed by atoms with Crippen LogP contribution in [-0.2, 0) is 0 Å². The first-order chi connectivity index (χ1) is 24.2. The Morgan fingerprint density at radius 3 is 0.824 bits per heavy atom. The highest BCUT2D eigenvalue weighted by molar-refractivity contribution is 5.45. The zero-order valence-electron chi connectivity index (χ0n) is 30.5. The van der Waals surface area contributed by atoms with Crippen molar-refractivity contribution in [3.05, 3.63) is 85.3 Å². The molecule has 3 fully saturated rings. The Morgan fingerprint density at radius 2 is 0.667 bits per heavy atom. The van der Waals surface area contributed by atoms with Crippen molar-refractivity contribution in [2.75, 3.05) is 54.0 Å². The van der Waals surface area contributed by atoms with Gasteiger partial charge in [0.2, 0.25) is 0 Å². The lowest BCUT2D eigenvalue weighted by Gasteiger charge is -2.35. The van der Waals surface area contributed by atoms with Crippen LogP contribution in [0.15, 0.2) is 55.0 Å². The summed E-state index contributed by atoms with van der Waals surface area (Å²) in [5.41, 5.74) is 0.144. The van der Waals surface area contributed by atoms with Gasteiger partial charge in [0.15, 0.2) is 0 Å². The SMILES string of the molecule is C[C@@H]1C[C@@H](C)CN(c2ccc([N+](=O)[O-])cn2)C1.C[C@@H]1C[C@@H](C)CN(c2ccc([N+](=O)[O-])cn2)C1.C[C@H]1C[C@H](C)CN(c2ccc([N+](=O)[O-])cn2)C1. The summed E-state index contributed by atoms with van der Waals surface area (Å²) < 4.78 is 0. The molecular formula is C36H51N9O6. The summed E-state index contributed by atoms with van der Waals surface area (Å²) in [5, 5.41) is 31.6. The monoisotopic (exact) mass is 705 g/mol. The highest BCUT2D eigenvalue weighted by atomic mass is 16.6. The second-order valence-corrected chi connectivity index (χ2v) is 14.9. The largest absolute Gasteiger partial charge is 0.356 e. The average Bonchev–Trinajstić information content (AvgIpc) is 3.08. The van der Waals surface area contributed by atoms with Crippen molar-refractivity contribution in [2.24, 2.45) is 35.5 Å². The summed E-state index contributed by atoms with van der Waals surface area (Å²) in [6.45, 7) is 19.3. The van der Waals surface area contributed by atoms with Crippen LogP contribution in [0.4, 0.5) is 34.5 Å². The number of hydrogen-bond acceptors (Lipinski definition) is 12. The van der Waals surface area contributed by atoms with E-state index < -0.39 is 14.8 Å². The van der Waals surface area contributed by atoms with E-state index in [1.54, 1.807) is 18.2 Å². The normalized spacial score (nSPS) is 24.7. The minimum atomic E-state index is -0.418. The minimum absolute atomic E-state index is 0.0480. The quantitative estimate of drug-likeness (QED) is 0.183. The zero-order valence-corrected chi connectivity index (χ0v) is 30.5. The van der Waals surface area contributed by atoms with E-state index >= 15 is 0 Å². The fourth-order valence-electron chi connectivity index (χ4n) is 7.57. The second-order valence-electron chi connectivity index (χ2n) is 14.9. The van der Waals surface area contributed by atoms with Gasteiger partial charge in [-0.25, -0.2) is 15.0 Å². The summed E-state index contributed by atoms with van der Waals surface area (Å²) >= 11 is 0. The Labute approximate surface area is 299 Å². The van der Waals surface area contributed by atoms with Crippen LogP contribution in [0.25, 0.3) is 0 Å². The van der Waals surface area contributed by atoms with Crippen molar-refractivity contribution in [3.63, 3.8) is 0 Å². The van der Waals surface area contributed by atoms with Gasteiger partial charge in [-0.1, -0.05) is 41.5 Å². The van der Waals surface area contributed by atoms with Crippen molar-refractivity contribution in [1.29, 1.82) is 0 Å². The van der Waals surface area contributed by atoms with Gasteiger partial charge in [-0.05, 0) is 73.0 Å². The third-order valence-electron chi connectivity index (χ3n) is 9.41.